The van der Waals surface area contributed by atoms with E-state index >= 15 is 0 Å². The van der Waals surface area contributed by atoms with E-state index in [0.29, 0.717) is 5.56 Å². The molecule has 3 N–H and O–H groups in total. The van der Waals surface area contributed by atoms with Crippen LogP contribution in [0.5, 0.6) is 0 Å². The molecule has 2 aromatic heterocycles. The van der Waals surface area contributed by atoms with E-state index in [0.717, 1.165) is 22.2 Å². The first-order chi connectivity index (χ1) is 14.0. The van der Waals surface area contributed by atoms with Crippen LogP contribution in [0, 0.1) is 12.7 Å². The summed E-state index contributed by atoms with van der Waals surface area (Å²) >= 11 is 0. The number of hydrazone groups is 1. The molecule has 7 nitrogen and oxygen atoms in total. The number of nitrogens with zero attached hydrogens (tertiary/aromatic N) is 2. The summed E-state index contributed by atoms with van der Waals surface area (Å²) in [6.45, 7) is 1.92. The zero-order chi connectivity index (χ0) is 20.4. The fraction of sp³-hybridized carbons (Fsp3) is 0.0476. The zero-order valence-electron chi connectivity index (χ0n) is 15.4. The molecule has 0 saturated heterocycles. The molecule has 4 rings (SSSR count). The van der Waals surface area contributed by atoms with Gasteiger partial charge in [0.2, 0.25) is 0 Å². The third-order valence-electron chi connectivity index (χ3n) is 4.43. The Kier molecular flexibility index (Phi) is 4.74. The fourth-order valence-corrected chi connectivity index (χ4v) is 3.03. The second kappa shape index (κ2) is 7.51. The molecule has 0 bridgehead atoms. The molecular weight excluding hydrogens is 373 g/mol. The summed E-state index contributed by atoms with van der Waals surface area (Å²) in [5.74, 6) is -1.000. The van der Waals surface area contributed by atoms with E-state index in [-0.39, 0.29) is 11.4 Å². The van der Waals surface area contributed by atoms with Gasteiger partial charge in [-0.05, 0) is 43.3 Å². The molecule has 0 aliphatic heterocycles. The number of hydrogen-bond acceptors (Lipinski definition) is 4. The van der Waals surface area contributed by atoms with Crippen molar-refractivity contribution < 1.29 is 9.18 Å². The maximum absolute atomic E-state index is 13.1. The Morgan fingerprint density at radius 3 is 2.69 bits per heavy atom. The minimum absolute atomic E-state index is 0.00266. The van der Waals surface area contributed by atoms with Gasteiger partial charge in [0.1, 0.15) is 11.5 Å². The Balaban J connectivity index is 1.57. The maximum atomic E-state index is 13.1. The van der Waals surface area contributed by atoms with E-state index in [9.17, 15) is 14.0 Å². The molecule has 1 amide bonds. The van der Waals surface area contributed by atoms with Crippen molar-refractivity contribution in [2.24, 2.45) is 5.10 Å². The lowest BCUT2D eigenvalue weighted by Crippen LogP contribution is -2.24. The molecule has 0 unspecified atom stereocenters. The van der Waals surface area contributed by atoms with E-state index in [1.165, 1.54) is 30.3 Å². The molecular formula is C21H16FN5O2. The number of benzene rings is 2. The third kappa shape index (κ3) is 3.81. The number of para-hydroxylation sites is 1. The lowest BCUT2D eigenvalue weighted by Gasteiger charge is -2.04. The van der Waals surface area contributed by atoms with Gasteiger partial charge >= 0.3 is 5.69 Å². The van der Waals surface area contributed by atoms with Gasteiger partial charge in [-0.2, -0.15) is 10.1 Å². The lowest BCUT2D eigenvalue weighted by molar-refractivity contribution is 0.0949. The predicted molar refractivity (Wildman–Crippen MR) is 108 cm³/mol. The number of rotatable bonds is 4. The molecule has 0 radical (unpaired) electrons. The van der Waals surface area contributed by atoms with E-state index in [1.807, 2.05) is 31.2 Å². The molecule has 0 atom stereocenters. The third-order valence-corrected chi connectivity index (χ3v) is 4.43. The van der Waals surface area contributed by atoms with Crippen LogP contribution < -0.4 is 11.1 Å². The van der Waals surface area contributed by atoms with Gasteiger partial charge in [0, 0.05) is 27.7 Å². The number of hydrogen-bond donors (Lipinski definition) is 3. The Morgan fingerprint density at radius 1 is 1.14 bits per heavy atom. The maximum Gasteiger partial charge on any atom is 0.346 e. The van der Waals surface area contributed by atoms with Gasteiger partial charge in [0.05, 0.1) is 11.9 Å². The molecule has 0 fully saturated rings. The lowest BCUT2D eigenvalue weighted by atomic mass is 10.1. The van der Waals surface area contributed by atoms with Crippen molar-refractivity contribution in [3.63, 3.8) is 0 Å². The van der Waals surface area contributed by atoms with Crippen molar-refractivity contribution in [3.8, 4) is 11.3 Å². The molecule has 144 valence electrons. The minimum Gasteiger partial charge on any atom is -0.358 e. The molecule has 2 aromatic carbocycles. The molecule has 0 aliphatic rings. The number of carbonyl (C=O) groups excluding carboxylic acids is 1. The van der Waals surface area contributed by atoms with Crippen LogP contribution >= 0.6 is 0 Å². The van der Waals surface area contributed by atoms with Gasteiger partial charge in [-0.1, -0.05) is 18.2 Å². The highest BCUT2D eigenvalue weighted by molar-refractivity contribution is 6.01. The first kappa shape index (κ1) is 18.3. The van der Waals surface area contributed by atoms with Crippen molar-refractivity contribution in [1.29, 1.82) is 0 Å². The summed E-state index contributed by atoms with van der Waals surface area (Å²) < 4.78 is 13.1. The summed E-state index contributed by atoms with van der Waals surface area (Å²) in [5.41, 5.74) is 5.24. The second-order valence-corrected chi connectivity index (χ2v) is 6.40. The number of nitrogens with one attached hydrogen (secondary N) is 3. The Bertz CT molecular complexity index is 1290. The Labute approximate surface area is 164 Å². The highest BCUT2D eigenvalue weighted by atomic mass is 19.1. The van der Waals surface area contributed by atoms with Crippen LogP contribution in [-0.4, -0.2) is 27.1 Å². The number of halogens is 1. The number of fused-ring (bicyclic) bond motifs is 1. The first-order valence-corrected chi connectivity index (χ1v) is 8.79. The van der Waals surface area contributed by atoms with Crippen molar-refractivity contribution >= 4 is 23.0 Å². The topological polar surface area (TPSA) is 103 Å². The van der Waals surface area contributed by atoms with Gasteiger partial charge in [-0.25, -0.2) is 14.6 Å². The molecule has 4 aromatic rings. The minimum atomic E-state index is -0.687. The van der Waals surface area contributed by atoms with Crippen LogP contribution in [0.25, 0.3) is 22.2 Å². The fourth-order valence-electron chi connectivity index (χ4n) is 3.03. The number of aryl methyl sites for hydroxylation is 1. The number of aromatic nitrogens is 3. The predicted octanol–water partition coefficient (Wildman–Crippen LogP) is 3.13. The SMILES string of the molecule is Cc1[nH]c2ccccc2c1/C=N/NC(=O)c1cc(-c2ccc(F)cc2)nc(=O)[nH]1. The smallest absolute Gasteiger partial charge is 0.346 e. The van der Waals surface area contributed by atoms with Gasteiger partial charge in [0.25, 0.3) is 5.91 Å². The first-order valence-electron chi connectivity index (χ1n) is 8.79. The number of H-pyrrole nitrogens is 2. The summed E-state index contributed by atoms with van der Waals surface area (Å²) in [5, 5.41) is 4.99. The Hall–Kier alpha value is -4.07. The number of aromatic amines is 2. The van der Waals surface area contributed by atoms with E-state index in [2.05, 4.69) is 25.5 Å². The molecule has 29 heavy (non-hydrogen) atoms. The summed E-state index contributed by atoms with van der Waals surface area (Å²) in [7, 11) is 0. The van der Waals surface area contributed by atoms with Crippen LogP contribution in [0.2, 0.25) is 0 Å². The zero-order valence-corrected chi connectivity index (χ0v) is 15.4. The monoisotopic (exact) mass is 389 g/mol. The molecule has 0 spiro atoms. The molecule has 0 saturated carbocycles. The molecule has 8 heteroatoms. The van der Waals surface area contributed by atoms with E-state index < -0.39 is 17.4 Å². The van der Waals surface area contributed by atoms with Crippen molar-refractivity contribution in [1.82, 2.24) is 20.4 Å². The van der Waals surface area contributed by atoms with Crippen LogP contribution in [0.4, 0.5) is 4.39 Å². The summed E-state index contributed by atoms with van der Waals surface area (Å²) in [6, 6.07) is 14.7. The average Bonchev–Trinajstić information content (AvgIpc) is 3.03. The highest BCUT2D eigenvalue weighted by Gasteiger charge is 2.11. The summed E-state index contributed by atoms with van der Waals surface area (Å²) in [6.07, 6.45) is 1.55. The quantitative estimate of drug-likeness (QED) is 0.369. The number of amides is 1. The summed E-state index contributed by atoms with van der Waals surface area (Å²) in [4.78, 5) is 33.7. The van der Waals surface area contributed by atoms with Crippen molar-refractivity contribution in [2.75, 3.05) is 0 Å². The van der Waals surface area contributed by atoms with E-state index in [1.54, 1.807) is 6.21 Å². The average molecular weight is 389 g/mol. The van der Waals surface area contributed by atoms with Crippen LogP contribution in [0.15, 0.2) is 64.5 Å². The van der Waals surface area contributed by atoms with Crippen LogP contribution in [0.1, 0.15) is 21.7 Å². The Morgan fingerprint density at radius 2 is 1.90 bits per heavy atom. The molecule has 2 heterocycles. The van der Waals surface area contributed by atoms with E-state index in [4.69, 9.17) is 0 Å². The largest absolute Gasteiger partial charge is 0.358 e. The van der Waals surface area contributed by atoms with Gasteiger partial charge in [-0.3, -0.25) is 4.79 Å². The van der Waals surface area contributed by atoms with Crippen LogP contribution in [0.3, 0.4) is 0 Å². The van der Waals surface area contributed by atoms with Crippen molar-refractivity contribution in [3.05, 3.63) is 87.9 Å². The standard InChI is InChI=1S/C21H16FN5O2/c1-12-16(15-4-2-3-5-17(15)24-12)11-23-27-20(28)19-10-18(25-21(29)26-19)13-6-8-14(22)9-7-13/h2-11,24H,1H3,(H,27,28)(H,25,26,29)/b23-11+. The molecule has 0 aliphatic carbocycles. The number of carbonyl (C=O) groups is 1. The van der Waals surface area contributed by atoms with Gasteiger partial charge < -0.3 is 9.97 Å². The highest BCUT2D eigenvalue weighted by Crippen LogP contribution is 2.20. The van der Waals surface area contributed by atoms with Crippen LogP contribution in [-0.2, 0) is 0 Å². The van der Waals surface area contributed by atoms with Gasteiger partial charge in [0.15, 0.2) is 0 Å². The van der Waals surface area contributed by atoms with Crippen molar-refractivity contribution in [2.45, 2.75) is 6.92 Å². The normalized spacial score (nSPS) is 11.2. The second-order valence-electron chi connectivity index (χ2n) is 6.40. The van der Waals surface area contributed by atoms with Gasteiger partial charge in [-0.15, -0.1) is 0 Å².